The highest BCUT2D eigenvalue weighted by Gasteiger charge is 2.32. The Bertz CT molecular complexity index is 1300. The van der Waals surface area contributed by atoms with Crippen molar-refractivity contribution in [3.8, 4) is 28.7 Å². The van der Waals surface area contributed by atoms with Crippen LogP contribution in [0.3, 0.4) is 0 Å². The molecule has 0 aliphatic rings. The summed E-state index contributed by atoms with van der Waals surface area (Å²) in [6, 6.07) is 3.70. The summed E-state index contributed by atoms with van der Waals surface area (Å²) in [6.45, 7) is 1.58. The number of aromatic nitrogens is 4. The number of hydrogen-bond donors (Lipinski definition) is 1. The highest BCUT2D eigenvalue weighted by atomic mass is 35.5. The molecule has 4 rings (SSSR count). The van der Waals surface area contributed by atoms with Gasteiger partial charge in [-0.2, -0.15) is 18.2 Å². The minimum atomic E-state index is -4.57. The minimum absolute atomic E-state index is 0.0221. The number of pyridine rings is 1. The molecule has 4 aromatic rings. The number of hydrogen-bond acceptors (Lipinski definition) is 6. The van der Waals surface area contributed by atoms with Gasteiger partial charge in [0.05, 0.1) is 26.7 Å². The molecule has 0 aliphatic heterocycles. The molecule has 0 saturated heterocycles. The van der Waals surface area contributed by atoms with E-state index in [2.05, 4.69) is 15.1 Å². The molecule has 0 amide bonds. The van der Waals surface area contributed by atoms with Gasteiger partial charge < -0.3 is 18.8 Å². The number of benzene rings is 1. The lowest BCUT2D eigenvalue weighted by molar-refractivity contribution is -0.137. The van der Waals surface area contributed by atoms with Crippen LogP contribution in [0.1, 0.15) is 12.5 Å². The molecular weight excluding hydrogens is 496 g/mol. The van der Waals surface area contributed by atoms with Gasteiger partial charge in [0.2, 0.25) is 5.82 Å². The van der Waals surface area contributed by atoms with Gasteiger partial charge in [-0.25, -0.2) is 4.98 Å². The molecule has 3 heterocycles. The third-order valence-electron chi connectivity index (χ3n) is 4.22. The first-order valence-corrected chi connectivity index (χ1v) is 10.1. The van der Waals surface area contributed by atoms with E-state index in [0.717, 1.165) is 16.7 Å². The van der Waals surface area contributed by atoms with Gasteiger partial charge >= 0.3 is 6.18 Å². The molecule has 0 radical (unpaired) electrons. The van der Waals surface area contributed by atoms with Gasteiger partial charge in [0, 0.05) is 24.0 Å². The van der Waals surface area contributed by atoms with E-state index in [9.17, 15) is 18.3 Å². The highest BCUT2D eigenvalue weighted by molar-refractivity contribution is 6.36. The summed E-state index contributed by atoms with van der Waals surface area (Å²) < 4.78 is 50.8. The number of alkyl halides is 3. The van der Waals surface area contributed by atoms with Crippen molar-refractivity contribution in [1.29, 1.82) is 0 Å². The van der Waals surface area contributed by atoms with Crippen molar-refractivity contribution in [2.75, 3.05) is 6.61 Å². The summed E-state index contributed by atoms with van der Waals surface area (Å²) in [5.74, 6) is 0.281. The van der Waals surface area contributed by atoms with Crippen LogP contribution >= 0.6 is 34.8 Å². The molecular formula is C19H12Cl3F3N4O3. The molecule has 0 spiro atoms. The zero-order valence-electron chi connectivity index (χ0n) is 16.0. The van der Waals surface area contributed by atoms with E-state index in [1.807, 2.05) is 0 Å². The third-order valence-corrected chi connectivity index (χ3v) is 5.11. The highest BCUT2D eigenvalue weighted by Crippen LogP contribution is 2.37. The van der Waals surface area contributed by atoms with Crippen molar-refractivity contribution < 1.29 is 27.5 Å². The Morgan fingerprint density at radius 3 is 2.53 bits per heavy atom. The number of halogens is 6. The summed E-state index contributed by atoms with van der Waals surface area (Å²) in [7, 11) is 0. The molecule has 0 unspecified atom stereocenters. The second kappa shape index (κ2) is 8.43. The molecule has 32 heavy (non-hydrogen) atoms. The van der Waals surface area contributed by atoms with Crippen LogP contribution in [0, 0.1) is 0 Å². The van der Waals surface area contributed by atoms with Gasteiger partial charge in [0.25, 0.3) is 5.89 Å². The van der Waals surface area contributed by atoms with Crippen molar-refractivity contribution in [2.45, 2.75) is 19.2 Å². The molecule has 1 atom stereocenters. The number of aliphatic hydroxyl groups excluding tert-OH is 1. The summed E-state index contributed by atoms with van der Waals surface area (Å²) in [5, 5.41) is 13.4. The molecule has 13 heteroatoms. The average Bonchev–Trinajstić information content (AvgIpc) is 3.34. The molecule has 1 aromatic carbocycles. The van der Waals surface area contributed by atoms with Crippen LogP contribution in [0.25, 0.3) is 28.6 Å². The predicted molar refractivity (Wildman–Crippen MR) is 111 cm³/mol. The Morgan fingerprint density at radius 1 is 1.09 bits per heavy atom. The van der Waals surface area contributed by atoms with Crippen LogP contribution in [0.2, 0.25) is 15.1 Å². The van der Waals surface area contributed by atoms with Gasteiger partial charge in [-0.3, -0.25) is 0 Å². The third kappa shape index (κ3) is 4.49. The maximum atomic E-state index is 13.0. The van der Waals surface area contributed by atoms with Crippen molar-refractivity contribution >= 4 is 40.4 Å². The van der Waals surface area contributed by atoms with E-state index >= 15 is 0 Å². The predicted octanol–water partition coefficient (Wildman–Crippen LogP) is 5.79. The Balaban J connectivity index is 1.68. The van der Waals surface area contributed by atoms with E-state index in [1.165, 1.54) is 18.3 Å². The van der Waals surface area contributed by atoms with Crippen LogP contribution in [0.4, 0.5) is 13.2 Å². The standard InChI is InChI=1S/C19H12Cl3F3N4O3/c1-8(30)7-31-15-4-11(20)10(3-12(15)21)16-27-18(32-28-16)14-6-29-5-9(19(23,24)25)2-13(22)17(29)26-14/h2-6,8,30H,7H2,1H3/t8-/m1/s1. The van der Waals surface area contributed by atoms with Gasteiger partial charge in [-0.05, 0) is 19.1 Å². The van der Waals surface area contributed by atoms with Gasteiger partial charge in [0.1, 0.15) is 18.1 Å². The summed E-state index contributed by atoms with van der Waals surface area (Å²) in [4.78, 5) is 8.38. The van der Waals surface area contributed by atoms with Crippen LogP contribution in [-0.2, 0) is 6.18 Å². The Labute approximate surface area is 193 Å². The first-order valence-electron chi connectivity index (χ1n) is 8.92. The van der Waals surface area contributed by atoms with Crippen LogP contribution in [-0.4, -0.2) is 37.3 Å². The number of nitrogens with zero attached hydrogens (tertiary/aromatic N) is 4. The van der Waals surface area contributed by atoms with Crippen molar-refractivity contribution in [3.05, 3.63) is 51.2 Å². The molecule has 0 aliphatic carbocycles. The SMILES string of the molecule is C[C@@H](O)COc1cc(Cl)c(-c2noc(-c3cn4cc(C(F)(F)F)cc(Cl)c4n3)n2)cc1Cl. The normalized spacial score (nSPS) is 13.0. The van der Waals surface area contributed by atoms with Crippen molar-refractivity contribution in [1.82, 2.24) is 19.5 Å². The van der Waals surface area contributed by atoms with Crippen LogP contribution in [0.15, 0.2) is 35.1 Å². The van der Waals surface area contributed by atoms with Gasteiger partial charge in [-0.15, -0.1) is 0 Å². The number of rotatable bonds is 5. The Hall–Kier alpha value is -2.53. The number of fused-ring (bicyclic) bond motifs is 1. The second-order valence-electron chi connectivity index (χ2n) is 6.78. The fourth-order valence-electron chi connectivity index (χ4n) is 2.77. The molecule has 3 aromatic heterocycles. The average molecular weight is 508 g/mol. The molecule has 0 saturated carbocycles. The lowest BCUT2D eigenvalue weighted by Crippen LogP contribution is -2.12. The number of imidazole rings is 1. The fourth-order valence-corrected chi connectivity index (χ4v) is 3.49. The number of aliphatic hydroxyl groups is 1. The largest absolute Gasteiger partial charge is 0.489 e. The summed E-state index contributed by atoms with van der Waals surface area (Å²) in [5.41, 5.74) is -0.388. The van der Waals surface area contributed by atoms with Gasteiger partial charge in [0.15, 0.2) is 5.65 Å². The lowest BCUT2D eigenvalue weighted by atomic mass is 10.2. The summed E-state index contributed by atoms with van der Waals surface area (Å²) >= 11 is 18.5. The maximum Gasteiger partial charge on any atom is 0.417 e. The molecule has 0 bridgehead atoms. The minimum Gasteiger partial charge on any atom is -0.489 e. The zero-order chi connectivity index (χ0) is 23.2. The van der Waals surface area contributed by atoms with Gasteiger partial charge in [-0.1, -0.05) is 40.0 Å². The molecule has 168 valence electrons. The zero-order valence-corrected chi connectivity index (χ0v) is 18.3. The molecule has 7 nitrogen and oxygen atoms in total. The monoisotopic (exact) mass is 506 g/mol. The van der Waals surface area contributed by atoms with Crippen LogP contribution in [0.5, 0.6) is 5.75 Å². The lowest BCUT2D eigenvalue weighted by Gasteiger charge is -2.11. The Kier molecular flexibility index (Phi) is 5.97. The van der Waals surface area contributed by atoms with E-state index in [0.29, 0.717) is 5.56 Å². The van der Waals surface area contributed by atoms with E-state index in [-0.39, 0.29) is 50.5 Å². The van der Waals surface area contributed by atoms with Crippen molar-refractivity contribution in [3.63, 3.8) is 0 Å². The molecule has 0 fully saturated rings. The number of ether oxygens (including phenoxy) is 1. The topological polar surface area (TPSA) is 85.7 Å². The van der Waals surface area contributed by atoms with E-state index < -0.39 is 17.8 Å². The van der Waals surface area contributed by atoms with Crippen molar-refractivity contribution in [2.24, 2.45) is 0 Å². The smallest absolute Gasteiger partial charge is 0.417 e. The first kappa shape index (κ1) is 22.7. The second-order valence-corrected chi connectivity index (χ2v) is 8.00. The van der Waals surface area contributed by atoms with E-state index in [4.69, 9.17) is 44.1 Å². The first-order chi connectivity index (χ1) is 15.0. The quantitative estimate of drug-likeness (QED) is 0.368. The molecule has 1 N–H and O–H groups in total. The van der Waals surface area contributed by atoms with Crippen LogP contribution < -0.4 is 4.74 Å². The maximum absolute atomic E-state index is 13.0. The summed E-state index contributed by atoms with van der Waals surface area (Å²) in [6.07, 6.45) is -3.12. The Morgan fingerprint density at radius 2 is 1.84 bits per heavy atom. The fraction of sp³-hybridized carbons (Fsp3) is 0.211. The van der Waals surface area contributed by atoms with E-state index in [1.54, 1.807) is 6.92 Å².